The molecule has 3 rings (SSSR count). The number of urea groups is 1. The van der Waals surface area contributed by atoms with Crippen molar-refractivity contribution in [2.45, 2.75) is 57.7 Å². The van der Waals surface area contributed by atoms with E-state index in [4.69, 9.17) is 4.74 Å². The smallest absolute Gasteiger partial charge is 0.407 e. The molecule has 8 nitrogen and oxygen atoms in total. The molecule has 188 valence electrons. The molecule has 3 atom stereocenters. The second-order valence-electron chi connectivity index (χ2n) is 9.77. The number of carbonyl (C=O) groups excluding carboxylic acids is 3. The van der Waals surface area contributed by atoms with E-state index in [9.17, 15) is 27.6 Å². The number of hydrogen-bond donors (Lipinski definition) is 2. The summed E-state index contributed by atoms with van der Waals surface area (Å²) in [5, 5.41) is 5.15. The number of nitrogens with one attached hydrogen (secondary N) is 2. The van der Waals surface area contributed by atoms with Crippen LogP contribution in [0.5, 0.6) is 0 Å². The molecular weight excluding hydrogens is 453 g/mol. The minimum Gasteiger partial charge on any atom is -0.444 e. The third-order valence-electron chi connectivity index (χ3n) is 6.07. The predicted molar refractivity (Wildman–Crippen MR) is 117 cm³/mol. The number of rotatable bonds is 5. The predicted octanol–water partition coefficient (Wildman–Crippen LogP) is 2.80. The zero-order chi connectivity index (χ0) is 25.2. The van der Waals surface area contributed by atoms with E-state index in [1.807, 2.05) is 0 Å². The van der Waals surface area contributed by atoms with Gasteiger partial charge in [0.2, 0.25) is 5.91 Å². The van der Waals surface area contributed by atoms with Crippen LogP contribution in [0.2, 0.25) is 0 Å². The van der Waals surface area contributed by atoms with Gasteiger partial charge in [-0.05, 0) is 45.2 Å². The standard InChI is InChI=1S/C23H31F3N4O4/c1-23(2,3)34-22(33)28-15(7-14-8-17(25)18(26)10-16(14)24)9-20(31)30-6-5-13-11-29(12-19(13)30)21(32)27-4/h8,10,13,15,19H,5-7,9,11-12H2,1-4H3,(H,27,32)(H,28,33). The van der Waals surface area contributed by atoms with Crippen LogP contribution in [0.3, 0.4) is 0 Å². The Morgan fingerprint density at radius 2 is 1.79 bits per heavy atom. The molecule has 34 heavy (non-hydrogen) atoms. The fourth-order valence-corrected chi connectivity index (χ4v) is 4.56. The van der Waals surface area contributed by atoms with Crippen LogP contribution in [0.4, 0.5) is 22.8 Å². The van der Waals surface area contributed by atoms with Crippen molar-refractivity contribution < 1.29 is 32.3 Å². The highest BCUT2D eigenvalue weighted by atomic mass is 19.2. The molecule has 2 aliphatic heterocycles. The first kappa shape index (κ1) is 25.6. The minimum atomic E-state index is -1.32. The van der Waals surface area contributed by atoms with Crippen LogP contribution < -0.4 is 10.6 Å². The summed E-state index contributed by atoms with van der Waals surface area (Å²) < 4.78 is 46.6. The van der Waals surface area contributed by atoms with Crippen LogP contribution in [0.1, 0.15) is 39.2 Å². The van der Waals surface area contributed by atoms with E-state index in [1.54, 1.807) is 37.6 Å². The van der Waals surface area contributed by atoms with Gasteiger partial charge in [-0.1, -0.05) is 0 Å². The zero-order valence-corrected chi connectivity index (χ0v) is 19.8. The first-order chi connectivity index (χ1) is 15.9. The average Bonchev–Trinajstić information content (AvgIpc) is 3.30. The van der Waals surface area contributed by atoms with Crippen LogP contribution >= 0.6 is 0 Å². The molecule has 0 aliphatic carbocycles. The molecule has 0 bridgehead atoms. The van der Waals surface area contributed by atoms with Gasteiger partial charge in [-0.25, -0.2) is 22.8 Å². The van der Waals surface area contributed by atoms with E-state index < -0.39 is 35.2 Å². The highest BCUT2D eigenvalue weighted by Crippen LogP contribution is 2.32. The summed E-state index contributed by atoms with van der Waals surface area (Å²) in [5.74, 6) is -3.64. The number of alkyl carbamates (subject to hydrolysis) is 1. The largest absolute Gasteiger partial charge is 0.444 e. The summed E-state index contributed by atoms with van der Waals surface area (Å²) in [7, 11) is 1.55. The van der Waals surface area contributed by atoms with Gasteiger partial charge in [0.15, 0.2) is 11.6 Å². The molecule has 2 N–H and O–H groups in total. The third-order valence-corrected chi connectivity index (χ3v) is 6.07. The van der Waals surface area contributed by atoms with Crippen molar-refractivity contribution in [1.29, 1.82) is 0 Å². The lowest BCUT2D eigenvalue weighted by atomic mass is 10.0. The first-order valence-corrected chi connectivity index (χ1v) is 11.3. The molecule has 2 saturated heterocycles. The second-order valence-corrected chi connectivity index (χ2v) is 9.77. The van der Waals surface area contributed by atoms with E-state index in [1.165, 1.54) is 0 Å². The normalized spacial score (nSPS) is 20.7. The molecule has 0 saturated carbocycles. The zero-order valence-electron chi connectivity index (χ0n) is 19.8. The van der Waals surface area contributed by atoms with Crippen LogP contribution in [0.15, 0.2) is 12.1 Å². The van der Waals surface area contributed by atoms with E-state index >= 15 is 0 Å². The maximum atomic E-state index is 14.3. The first-order valence-electron chi connectivity index (χ1n) is 11.3. The van der Waals surface area contributed by atoms with Gasteiger partial charge in [0.05, 0.1) is 6.04 Å². The van der Waals surface area contributed by atoms with E-state index in [0.717, 1.165) is 12.5 Å². The third kappa shape index (κ3) is 6.12. The lowest BCUT2D eigenvalue weighted by molar-refractivity contribution is -0.132. The summed E-state index contributed by atoms with van der Waals surface area (Å²) in [5.41, 5.74) is -0.972. The molecule has 0 radical (unpaired) electrons. The number of nitrogens with zero attached hydrogens (tertiary/aromatic N) is 2. The van der Waals surface area contributed by atoms with Gasteiger partial charge in [0.1, 0.15) is 11.4 Å². The lowest BCUT2D eigenvalue weighted by Gasteiger charge is -2.28. The Kier molecular flexibility index (Phi) is 7.62. The van der Waals surface area contributed by atoms with E-state index in [0.29, 0.717) is 25.7 Å². The van der Waals surface area contributed by atoms with Gasteiger partial charge >= 0.3 is 12.1 Å². The number of likely N-dealkylation sites (tertiary alicyclic amines) is 2. The summed E-state index contributed by atoms with van der Waals surface area (Å²) >= 11 is 0. The maximum absolute atomic E-state index is 14.3. The van der Waals surface area contributed by atoms with Crippen LogP contribution in [-0.2, 0) is 16.0 Å². The van der Waals surface area contributed by atoms with Crippen molar-refractivity contribution in [3.8, 4) is 0 Å². The highest BCUT2D eigenvalue weighted by Gasteiger charge is 2.44. The number of amides is 4. The Bertz CT molecular complexity index is 953. The molecule has 0 aromatic heterocycles. The molecule has 2 heterocycles. The van der Waals surface area contributed by atoms with Crippen molar-refractivity contribution in [2.24, 2.45) is 5.92 Å². The Hall–Kier alpha value is -2.98. The Morgan fingerprint density at radius 3 is 2.44 bits per heavy atom. The molecule has 2 fully saturated rings. The molecular formula is C23H31F3N4O4. The topological polar surface area (TPSA) is 91.0 Å². The molecule has 1 aromatic rings. The maximum Gasteiger partial charge on any atom is 0.407 e. The van der Waals surface area contributed by atoms with Crippen molar-refractivity contribution in [1.82, 2.24) is 20.4 Å². The van der Waals surface area contributed by atoms with E-state index in [-0.39, 0.29) is 42.3 Å². The van der Waals surface area contributed by atoms with Crippen molar-refractivity contribution in [2.75, 3.05) is 26.7 Å². The summed E-state index contributed by atoms with van der Waals surface area (Å²) in [6.45, 7) is 6.47. The van der Waals surface area contributed by atoms with Gasteiger partial charge in [-0.2, -0.15) is 0 Å². The Balaban J connectivity index is 1.74. The molecule has 0 spiro atoms. The minimum absolute atomic E-state index is 0.146. The molecule has 2 aliphatic rings. The van der Waals surface area contributed by atoms with Gasteiger partial charge in [-0.3, -0.25) is 4.79 Å². The Labute approximate surface area is 196 Å². The van der Waals surface area contributed by atoms with Gasteiger partial charge in [0.25, 0.3) is 0 Å². The number of carbonyl (C=O) groups is 3. The van der Waals surface area contributed by atoms with Crippen molar-refractivity contribution in [3.63, 3.8) is 0 Å². The number of halogens is 3. The summed E-state index contributed by atoms with van der Waals surface area (Å²) in [6.07, 6.45) is -0.494. The Morgan fingerprint density at radius 1 is 1.12 bits per heavy atom. The van der Waals surface area contributed by atoms with Gasteiger partial charge in [0, 0.05) is 51.1 Å². The lowest BCUT2D eigenvalue weighted by Crippen LogP contribution is -2.46. The fraction of sp³-hybridized carbons (Fsp3) is 0.609. The summed E-state index contributed by atoms with van der Waals surface area (Å²) in [4.78, 5) is 40.9. The molecule has 4 amide bonds. The number of benzene rings is 1. The van der Waals surface area contributed by atoms with Crippen LogP contribution in [-0.4, -0.2) is 72.2 Å². The second kappa shape index (κ2) is 10.1. The summed E-state index contributed by atoms with van der Waals surface area (Å²) in [6, 6.07) is -0.110. The number of hydrogen-bond acceptors (Lipinski definition) is 4. The van der Waals surface area contributed by atoms with Crippen LogP contribution in [0.25, 0.3) is 0 Å². The quantitative estimate of drug-likeness (QED) is 0.629. The highest BCUT2D eigenvalue weighted by molar-refractivity contribution is 5.79. The number of fused-ring (bicyclic) bond motifs is 1. The van der Waals surface area contributed by atoms with Crippen molar-refractivity contribution in [3.05, 3.63) is 35.1 Å². The fourth-order valence-electron chi connectivity index (χ4n) is 4.56. The van der Waals surface area contributed by atoms with E-state index in [2.05, 4.69) is 10.6 Å². The molecule has 1 aromatic carbocycles. The average molecular weight is 485 g/mol. The number of ether oxygens (including phenoxy) is 1. The van der Waals surface area contributed by atoms with Gasteiger partial charge < -0.3 is 25.2 Å². The molecule has 11 heteroatoms. The monoisotopic (exact) mass is 484 g/mol. The van der Waals surface area contributed by atoms with Gasteiger partial charge in [-0.15, -0.1) is 0 Å². The SMILES string of the molecule is CNC(=O)N1CC2CCN(C(=O)CC(Cc3cc(F)c(F)cc3F)NC(=O)OC(C)(C)C)C2C1. The van der Waals surface area contributed by atoms with Crippen molar-refractivity contribution >= 4 is 18.0 Å². The van der Waals surface area contributed by atoms with Crippen LogP contribution in [0, 0.1) is 23.4 Å². The molecule has 3 unspecified atom stereocenters.